The van der Waals surface area contributed by atoms with Crippen LogP contribution in [0.2, 0.25) is 0 Å². The first-order valence-electron chi connectivity index (χ1n) is 17.9. The van der Waals surface area contributed by atoms with Crippen molar-refractivity contribution in [3.05, 3.63) is 146 Å². The Kier molecular flexibility index (Phi) is 15.1. The van der Waals surface area contributed by atoms with Gasteiger partial charge in [0.15, 0.2) is 12.7 Å². The fourth-order valence-corrected chi connectivity index (χ4v) is 7.36. The van der Waals surface area contributed by atoms with Gasteiger partial charge in [0.2, 0.25) is 5.51 Å². The lowest BCUT2D eigenvalue weighted by Gasteiger charge is -2.46. The summed E-state index contributed by atoms with van der Waals surface area (Å²) >= 11 is 1.57. The summed E-state index contributed by atoms with van der Waals surface area (Å²) < 4.78 is 343. The second-order valence-electron chi connectivity index (χ2n) is 14.3. The molecule has 4 aromatic carbocycles. The maximum Gasteiger partial charge on any atom is 0.416 e. The molecule has 5 rings (SSSR count). The summed E-state index contributed by atoms with van der Waals surface area (Å²) in [5, 5.41) is 18.8. The lowest BCUT2D eigenvalue weighted by molar-refractivity contribution is -0.682. The van der Waals surface area contributed by atoms with E-state index >= 15 is 0 Å². The third-order valence-corrected chi connectivity index (χ3v) is 10.4. The average molecular weight is 1040 g/mol. The van der Waals surface area contributed by atoms with Crippen molar-refractivity contribution < 1.29 is 110 Å². The van der Waals surface area contributed by atoms with Crippen LogP contribution in [0.25, 0.3) is 0 Å². The molecule has 0 saturated heterocycles. The minimum Gasteiger partial charge on any atom is -0.194 e. The Morgan fingerprint density at radius 2 is 0.623 bits per heavy atom. The van der Waals surface area contributed by atoms with Crippen molar-refractivity contribution in [3.63, 3.8) is 0 Å². The summed E-state index contributed by atoms with van der Waals surface area (Å²) in [6, 6.07) is -5.20. The van der Waals surface area contributed by atoms with E-state index in [-0.39, 0.29) is 5.57 Å². The molecule has 0 aliphatic carbocycles. The number of rotatable bonds is 6. The predicted octanol–water partition coefficient (Wildman–Crippen LogP) is 12.2. The molecule has 1 aromatic heterocycles. The normalized spacial score (nSPS) is 13.2. The maximum atomic E-state index is 14.2. The van der Waals surface area contributed by atoms with Gasteiger partial charge in [0.25, 0.3) is 0 Å². The van der Waals surface area contributed by atoms with Crippen molar-refractivity contribution in [2.24, 2.45) is 0 Å². The van der Waals surface area contributed by atoms with Gasteiger partial charge in [-0.3, -0.25) is 0 Å². The third kappa shape index (κ3) is 13.0. The molecule has 0 fully saturated rings. The number of hydrogen-bond acceptors (Lipinski definition) is 3. The van der Waals surface area contributed by atoms with Crippen LogP contribution in [-0.4, -0.2) is 6.15 Å². The SMILES string of the molecule is FC(F)(F)c1cc([B-](c2cc(C(F)(F)F)cc(C(F)(F)F)c2)(c2cc(C(F)(F)F)cc(C(F)(F)F)c2)c2cc(C(F)(F)F)cc(C(F)(F)F)c2)cc(C(F)(F)F)c1.N#CC(C#N)=CC[n+]1ccsc1. The van der Waals surface area contributed by atoms with Crippen molar-refractivity contribution in [3.8, 4) is 12.1 Å². The molecule has 0 bridgehead atoms. The molecule has 29 heteroatoms. The fourth-order valence-electron chi connectivity index (χ4n) is 6.75. The second kappa shape index (κ2) is 18.8. The van der Waals surface area contributed by atoms with Crippen LogP contribution >= 0.6 is 11.3 Å². The molecule has 0 aliphatic rings. The van der Waals surface area contributed by atoms with Crippen molar-refractivity contribution in [1.82, 2.24) is 0 Å². The van der Waals surface area contributed by atoms with Gasteiger partial charge in [-0.25, -0.2) is 0 Å². The van der Waals surface area contributed by atoms with E-state index in [0.717, 1.165) is 0 Å². The van der Waals surface area contributed by atoms with E-state index in [4.69, 9.17) is 10.5 Å². The highest BCUT2D eigenvalue weighted by Gasteiger charge is 2.47. The van der Waals surface area contributed by atoms with E-state index < -0.39 is 195 Å². The van der Waals surface area contributed by atoms with E-state index in [0.29, 0.717) is 6.54 Å². The Morgan fingerprint density at radius 3 is 0.783 bits per heavy atom. The molecule has 5 aromatic rings. The Bertz CT molecular complexity index is 2320. The summed E-state index contributed by atoms with van der Waals surface area (Å²) in [7, 11) is 0. The highest BCUT2D eigenvalue weighted by atomic mass is 32.1. The van der Waals surface area contributed by atoms with E-state index in [9.17, 15) is 105 Å². The van der Waals surface area contributed by atoms with E-state index in [1.165, 1.54) is 0 Å². The topological polar surface area (TPSA) is 51.5 Å². The first kappa shape index (κ1) is 55.2. The van der Waals surface area contributed by atoms with Crippen LogP contribution in [0.3, 0.4) is 0 Å². The van der Waals surface area contributed by atoms with Gasteiger partial charge in [-0.1, -0.05) is 59.9 Å². The summed E-state index contributed by atoms with van der Waals surface area (Å²) in [4.78, 5) is 0. The van der Waals surface area contributed by atoms with Crippen LogP contribution in [0.4, 0.5) is 105 Å². The minimum absolute atomic E-state index is 0.161. The van der Waals surface area contributed by atoms with Crippen LogP contribution in [0.1, 0.15) is 44.5 Å². The number of nitriles is 2. The minimum atomic E-state index is -6.13. The predicted molar refractivity (Wildman–Crippen MR) is 194 cm³/mol. The van der Waals surface area contributed by atoms with Gasteiger partial charge >= 0.3 is 49.4 Å². The lowest BCUT2D eigenvalue weighted by atomic mass is 9.12. The van der Waals surface area contributed by atoms with Crippen molar-refractivity contribution >= 4 is 39.3 Å². The first-order chi connectivity index (χ1) is 31.1. The molecule has 1 heterocycles. The van der Waals surface area contributed by atoms with Gasteiger partial charge in [0.05, 0.1) is 49.9 Å². The zero-order valence-corrected chi connectivity index (χ0v) is 33.7. The van der Waals surface area contributed by atoms with Crippen LogP contribution in [0.5, 0.6) is 0 Å². The summed E-state index contributed by atoms with van der Waals surface area (Å²) in [5.74, 6) is 0. The van der Waals surface area contributed by atoms with Crippen LogP contribution in [-0.2, 0) is 56.0 Å². The molecule has 0 atom stereocenters. The fraction of sp³-hybridized carbons (Fsp3) is 0.225. The van der Waals surface area contributed by atoms with Gasteiger partial charge in [0.1, 0.15) is 23.9 Å². The number of alkyl halides is 24. The lowest BCUT2D eigenvalue weighted by Crippen LogP contribution is -2.75. The Balaban J connectivity index is 0.000000750. The van der Waals surface area contributed by atoms with Gasteiger partial charge in [-0.2, -0.15) is 142 Å². The quantitative estimate of drug-likeness (QED) is 0.0736. The van der Waals surface area contributed by atoms with Crippen LogP contribution in [0, 0.1) is 22.7 Å². The molecule has 3 nitrogen and oxygen atoms in total. The molecule has 370 valence electrons. The Labute approximate surface area is 373 Å². The number of benzene rings is 4. The molecule has 0 N–H and O–H groups in total. The second-order valence-corrected chi connectivity index (χ2v) is 15.0. The summed E-state index contributed by atoms with van der Waals surface area (Å²) in [6.45, 7) is 0.583. The Morgan fingerprint density at radius 1 is 0.406 bits per heavy atom. The zero-order chi connectivity index (χ0) is 52.7. The smallest absolute Gasteiger partial charge is 0.194 e. The summed E-state index contributed by atoms with van der Waals surface area (Å²) in [6.07, 6.45) is -51.3. The number of nitrogens with zero attached hydrogens (tertiary/aromatic N) is 3. The molecule has 0 radical (unpaired) electrons. The van der Waals surface area contributed by atoms with Gasteiger partial charge in [-0.05, 0) is 24.3 Å². The van der Waals surface area contributed by atoms with E-state index in [2.05, 4.69) is 0 Å². The molecule has 0 aliphatic heterocycles. The zero-order valence-electron chi connectivity index (χ0n) is 32.8. The van der Waals surface area contributed by atoms with Crippen LogP contribution in [0.15, 0.2) is 102 Å². The average Bonchev–Trinajstić information content (AvgIpc) is 3.73. The van der Waals surface area contributed by atoms with Gasteiger partial charge < -0.3 is 0 Å². The first-order valence-corrected chi connectivity index (χ1v) is 18.8. The number of halogens is 24. The molecular weight excluding hydrogens is 1020 g/mol. The molecule has 0 unspecified atom stereocenters. The third-order valence-electron chi connectivity index (χ3n) is 9.71. The number of aromatic nitrogens is 1. The largest absolute Gasteiger partial charge is 0.416 e. The van der Waals surface area contributed by atoms with E-state index in [1.54, 1.807) is 29.6 Å². The van der Waals surface area contributed by atoms with Crippen LogP contribution < -0.4 is 26.4 Å². The van der Waals surface area contributed by atoms with E-state index in [1.807, 2.05) is 21.7 Å². The number of thiazole rings is 1. The molecule has 0 saturated carbocycles. The Hall–Kier alpha value is -6.39. The maximum absolute atomic E-state index is 14.2. The molecule has 69 heavy (non-hydrogen) atoms. The highest BCUT2D eigenvalue weighted by molar-refractivity contribution is 7.20. The standard InChI is InChI=1S/C32H12BF24.C8H6N3S/c34-25(35,36)13-1-14(26(37,38)39)6-21(5-13)33(22-7-15(27(40,41)42)2-16(8-22)28(43,44)45,23-9-17(29(46,47)48)3-18(10-23)30(49,50)51)24-11-19(31(52,53)54)4-20(12-24)32(55,56)57;9-5-8(6-10)1-2-11-3-4-12-7-11/h1-12H;1,3-4,7H,2H2/q-1;+1. The monoisotopic (exact) mass is 1040 g/mol. The highest BCUT2D eigenvalue weighted by Crippen LogP contribution is 2.41. The van der Waals surface area contributed by atoms with Crippen molar-refractivity contribution in [2.75, 3.05) is 0 Å². The van der Waals surface area contributed by atoms with Gasteiger partial charge in [0, 0.05) is 6.08 Å². The molecular formula is C40H18BF24N3S. The molecule has 0 spiro atoms. The number of hydrogen-bond donors (Lipinski definition) is 0. The number of allylic oxidation sites excluding steroid dienone is 2. The van der Waals surface area contributed by atoms with Crippen molar-refractivity contribution in [1.29, 1.82) is 10.5 Å². The molecule has 0 amide bonds. The summed E-state index contributed by atoms with van der Waals surface area (Å²) in [5.41, 5.74) is -28.1. The van der Waals surface area contributed by atoms with Crippen molar-refractivity contribution in [2.45, 2.75) is 56.0 Å². The van der Waals surface area contributed by atoms with Gasteiger partial charge in [-0.15, -0.1) is 0 Å².